The van der Waals surface area contributed by atoms with Crippen LogP contribution < -0.4 is 0 Å². The number of oxazole rings is 1. The minimum absolute atomic E-state index is 0.264. The molecule has 0 radical (unpaired) electrons. The van der Waals surface area contributed by atoms with Gasteiger partial charge >= 0.3 is 5.97 Å². The Morgan fingerprint density at radius 3 is 2.90 bits per heavy atom. The second-order valence-electron chi connectivity index (χ2n) is 4.25. The number of nitrogens with zero attached hydrogens (tertiary/aromatic N) is 2. The van der Waals surface area contributed by atoms with Crippen LogP contribution in [0.1, 0.15) is 20.7 Å². The van der Waals surface area contributed by atoms with Gasteiger partial charge in [0, 0.05) is 18.0 Å². The van der Waals surface area contributed by atoms with E-state index in [4.69, 9.17) is 9.15 Å². The molecule has 0 spiro atoms. The van der Waals surface area contributed by atoms with E-state index in [1.54, 1.807) is 36.5 Å². The highest BCUT2D eigenvalue weighted by Gasteiger charge is 2.16. The maximum absolute atomic E-state index is 12.0. The lowest BCUT2D eigenvalue weighted by molar-refractivity contribution is 0.0476. The lowest BCUT2D eigenvalue weighted by Gasteiger charge is -2.04. The van der Waals surface area contributed by atoms with E-state index >= 15 is 0 Å². The summed E-state index contributed by atoms with van der Waals surface area (Å²) in [5.41, 5.74) is 1.56. The van der Waals surface area contributed by atoms with Crippen LogP contribution in [0.15, 0.2) is 53.5 Å². The molecule has 21 heavy (non-hydrogen) atoms. The Bertz CT molecular complexity index is 796. The standard InChI is InChI=1S/C15H10N2O4/c18-12(10-3-2-6-16-7-10)8-20-15(19)11-4-1-5-13-14(11)17-9-21-13/h1-7,9H,8H2. The number of pyridine rings is 1. The zero-order chi connectivity index (χ0) is 14.7. The number of Topliss-reactive ketones (excluding diaryl/α,β-unsaturated/α-hetero) is 1. The molecule has 0 N–H and O–H groups in total. The molecular formula is C15H10N2O4. The third-order valence-electron chi connectivity index (χ3n) is 2.90. The third kappa shape index (κ3) is 2.64. The topological polar surface area (TPSA) is 82.3 Å². The Morgan fingerprint density at radius 1 is 1.19 bits per heavy atom. The lowest BCUT2D eigenvalue weighted by atomic mass is 10.2. The zero-order valence-electron chi connectivity index (χ0n) is 10.9. The molecule has 0 fully saturated rings. The highest BCUT2D eigenvalue weighted by molar-refractivity contribution is 6.03. The fraction of sp³-hybridized carbons (Fsp3) is 0.0667. The van der Waals surface area contributed by atoms with Gasteiger partial charge in [-0.2, -0.15) is 0 Å². The van der Waals surface area contributed by atoms with Crippen LogP contribution in [0.25, 0.3) is 11.1 Å². The van der Waals surface area contributed by atoms with E-state index in [1.165, 1.54) is 12.6 Å². The van der Waals surface area contributed by atoms with Crippen molar-refractivity contribution in [3.8, 4) is 0 Å². The van der Waals surface area contributed by atoms with E-state index in [-0.39, 0.29) is 18.0 Å². The smallest absolute Gasteiger partial charge is 0.340 e. The first kappa shape index (κ1) is 13.0. The van der Waals surface area contributed by atoms with E-state index in [9.17, 15) is 9.59 Å². The molecule has 0 bridgehead atoms. The number of hydrogen-bond donors (Lipinski definition) is 0. The molecule has 2 heterocycles. The molecule has 0 unspecified atom stereocenters. The van der Waals surface area contributed by atoms with Crippen molar-refractivity contribution < 1.29 is 18.7 Å². The summed E-state index contributed by atoms with van der Waals surface area (Å²) in [5.74, 6) is -0.935. The average molecular weight is 282 g/mol. The van der Waals surface area contributed by atoms with E-state index in [0.717, 1.165) is 0 Å². The van der Waals surface area contributed by atoms with Crippen LogP contribution in [0.2, 0.25) is 0 Å². The second kappa shape index (κ2) is 5.54. The molecule has 0 saturated heterocycles. The molecule has 6 heteroatoms. The van der Waals surface area contributed by atoms with Crippen molar-refractivity contribution in [3.63, 3.8) is 0 Å². The quantitative estimate of drug-likeness (QED) is 0.539. The van der Waals surface area contributed by atoms with Crippen molar-refractivity contribution in [2.24, 2.45) is 0 Å². The Morgan fingerprint density at radius 2 is 2.10 bits per heavy atom. The molecule has 1 aromatic carbocycles. The van der Waals surface area contributed by atoms with Crippen LogP contribution in [-0.4, -0.2) is 28.3 Å². The molecule has 0 amide bonds. The largest absolute Gasteiger partial charge is 0.454 e. The van der Waals surface area contributed by atoms with Gasteiger partial charge in [-0.15, -0.1) is 0 Å². The van der Waals surface area contributed by atoms with Gasteiger partial charge in [0.1, 0.15) is 5.52 Å². The molecule has 3 aromatic rings. The van der Waals surface area contributed by atoms with Crippen LogP contribution >= 0.6 is 0 Å². The van der Waals surface area contributed by atoms with Crippen molar-refractivity contribution in [2.45, 2.75) is 0 Å². The number of ether oxygens (including phenoxy) is 1. The first-order valence-electron chi connectivity index (χ1n) is 6.18. The van der Waals surface area contributed by atoms with E-state index in [2.05, 4.69) is 9.97 Å². The summed E-state index contributed by atoms with van der Waals surface area (Å²) in [6.07, 6.45) is 4.24. The van der Waals surface area contributed by atoms with Gasteiger partial charge in [0.2, 0.25) is 5.78 Å². The number of fused-ring (bicyclic) bond motifs is 1. The first-order chi connectivity index (χ1) is 10.3. The molecule has 6 nitrogen and oxygen atoms in total. The average Bonchev–Trinajstić information content (AvgIpc) is 3.01. The molecule has 2 aromatic heterocycles. The highest BCUT2D eigenvalue weighted by Crippen LogP contribution is 2.17. The van der Waals surface area contributed by atoms with Gasteiger partial charge in [-0.05, 0) is 24.3 Å². The minimum Gasteiger partial charge on any atom is -0.454 e. The summed E-state index contributed by atoms with van der Waals surface area (Å²) in [6.45, 7) is -0.348. The summed E-state index contributed by atoms with van der Waals surface area (Å²) in [7, 11) is 0. The highest BCUT2D eigenvalue weighted by atomic mass is 16.5. The summed E-state index contributed by atoms with van der Waals surface area (Å²) < 4.78 is 10.1. The van der Waals surface area contributed by atoms with E-state index in [1.807, 2.05) is 0 Å². The van der Waals surface area contributed by atoms with Crippen LogP contribution in [0.4, 0.5) is 0 Å². The molecule has 104 valence electrons. The first-order valence-corrected chi connectivity index (χ1v) is 6.18. The number of hydrogen-bond acceptors (Lipinski definition) is 6. The molecule has 0 aliphatic carbocycles. The van der Waals surface area contributed by atoms with Crippen LogP contribution in [0.5, 0.6) is 0 Å². The number of ketones is 1. The lowest BCUT2D eigenvalue weighted by Crippen LogP contribution is -2.14. The molecule has 0 atom stereocenters. The van der Waals surface area contributed by atoms with Gasteiger partial charge < -0.3 is 9.15 Å². The Hall–Kier alpha value is -3.02. The van der Waals surface area contributed by atoms with E-state index in [0.29, 0.717) is 16.7 Å². The van der Waals surface area contributed by atoms with Crippen molar-refractivity contribution in [1.82, 2.24) is 9.97 Å². The van der Waals surface area contributed by atoms with E-state index < -0.39 is 5.97 Å². The van der Waals surface area contributed by atoms with Crippen LogP contribution in [0.3, 0.4) is 0 Å². The molecule has 0 saturated carbocycles. The normalized spacial score (nSPS) is 10.5. The van der Waals surface area contributed by atoms with Gasteiger partial charge in [0.05, 0.1) is 5.56 Å². The summed E-state index contributed by atoms with van der Waals surface area (Å²) in [5, 5.41) is 0. The number of esters is 1. The fourth-order valence-electron chi connectivity index (χ4n) is 1.87. The second-order valence-corrected chi connectivity index (χ2v) is 4.25. The Labute approximate surface area is 119 Å². The number of carbonyl (C=O) groups is 2. The van der Waals surface area contributed by atoms with Crippen molar-refractivity contribution in [1.29, 1.82) is 0 Å². The number of para-hydroxylation sites is 1. The third-order valence-corrected chi connectivity index (χ3v) is 2.90. The van der Waals surface area contributed by atoms with Gasteiger partial charge in [0.25, 0.3) is 0 Å². The molecule has 0 aliphatic heterocycles. The molecule has 0 aliphatic rings. The summed E-state index contributed by atoms with van der Waals surface area (Å²) in [6, 6.07) is 8.18. The number of rotatable bonds is 4. The van der Waals surface area contributed by atoms with Gasteiger partial charge in [-0.25, -0.2) is 9.78 Å². The minimum atomic E-state index is -0.619. The number of benzene rings is 1. The Balaban J connectivity index is 1.72. The van der Waals surface area contributed by atoms with Crippen LogP contribution in [0, 0.1) is 0 Å². The monoisotopic (exact) mass is 282 g/mol. The maximum atomic E-state index is 12.0. The van der Waals surface area contributed by atoms with Crippen molar-refractivity contribution >= 4 is 22.9 Å². The number of aromatic nitrogens is 2. The zero-order valence-corrected chi connectivity index (χ0v) is 10.9. The summed E-state index contributed by atoms with van der Waals surface area (Å²) >= 11 is 0. The van der Waals surface area contributed by atoms with Crippen molar-refractivity contribution in [3.05, 3.63) is 60.2 Å². The maximum Gasteiger partial charge on any atom is 0.340 e. The Kier molecular flexibility index (Phi) is 3.42. The number of carbonyl (C=O) groups excluding carboxylic acids is 2. The summed E-state index contributed by atoms with van der Waals surface area (Å²) in [4.78, 5) is 31.7. The predicted molar refractivity (Wildman–Crippen MR) is 72.9 cm³/mol. The van der Waals surface area contributed by atoms with Crippen molar-refractivity contribution in [2.75, 3.05) is 6.61 Å². The van der Waals surface area contributed by atoms with Crippen LogP contribution in [-0.2, 0) is 4.74 Å². The predicted octanol–water partition coefficient (Wildman–Crippen LogP) is 2.26. The van der Waals surface area contributed by atoms with Gasteiger partial charge in [-0.1, -0.05) is 6.07 Å². The van der Waals surface area contributed by atoms with Gasteiger partial charge in [-0.3, -0.25) is 9.78 Å². The fourth-order valence-corrected chi connectivity index (χ4v) is 1.87. The molecule has 3 rings (SSSR count). The molecular weight excluding hydrogens is 272 g/mol. The van der Waals surface area contributed by atoms with Gasteiger partial charge in [0.15, 0.2) is 18.6 Å². The SMILES string of the molecule is O=C(COC(=O)c1cccc2ocnc12)c1cccnc1.